The zero-order chi connectivity index (χ0) is 16.0. The first kappa shape index (κ1) is 17.0. The first-order valence-corrected chi connectivity index (χ1v) is 7.01. The summed E-state index contributed by atoms with van der Waals surface area (Å²) in [6.45, 7) is 8.10. The number of allylic oxidation sites excluding steroid dienone is 1. The number of benzene rings is 1. The second-order valence-electron chi connectivity index (χ2n) is 6.00. The van der Waals surface area contributed by atoms with Crippen LogP contribution in [0.4, 0.5) is 0 Å². The molecule has 0 aliphatic heterocycles. The highest BCUT2D eigenvalue weighted by Gasteiger charge is 2.20. The number of amides is 1. The minimum Gasteiger partial charge on any atom is -0.480 e. The normalized spacial score (nSPS) is 13.1. The van der Waals surface area contributed by atoms with E-state index in [0.29, 0.717) is 5.56 Å². The van der Waals surface area contributed by atoms with E-state index in [1.54, 1.807) is 24.3 Å². The van der Waals surface area contributed by atoms with Gasteiger partial charge in [-0.3, -0.25) is 4.79 Å². The van der Waals surface area contributed by atoms with Crippen molar-refractivity contribution >= 4 is 11.9 Å². The molecule has 1 amide bonds. The lowest BCUT2D eigenvalue weighted by molar-refractivity contribution is -0.139. The van der Waals surface area contributed by atoms with Crippen molar-refractivity contribution < 1.29 is 14.7 Å². The molecule has 0 saturated carbocycles. The highest BCUT2D eigenvalue weighted by Crippen LogP contribution is 2.22. The lowest BCUT2D eigenvalue weighted by Crippen LogP contribution is -2.40. The minimum atomic E-state index is -1.03. The Hall–Kier alpha value is -2.10. The van der Waals surface area contributed by atoms with Gasteiger partial charge < -0.3 is 10.4 Å². The predicted octanol–water partition coefficient (Wildman–Crippen LogP) is 3.13. The van der Waals surface area contributed by atoms with Gasteiger partial charge in [-0.1, -0.05) is 45.1 Å². The molecule has 0 heterocycles. The molecule has 4 heteroatoms. The van der Waals surface area contributed by atoms with Crippen molar-refractivity contribution in [2.45, 2.75) is 45.6 Å². The summed E-state index contributed by atoms with van der Waals surface area (Å²) >= 11 is 0. The highest BCUT2D eigenvalue weighted by atomic mass is 16.4. The van der Waals surface area contributed by atoms with Crippen LogP contribution in [0.5, 0.6) is 0 Å². The molecule has 0 aromatic heterocycles. The van der Waals surface area contributed by atoms with Crippen molar-refractivity contribution in [3.05, 3.63) is 47.5 Å². The van der Waals surface area contributed by atoms with Crippen LogP contribution in [-0.2, 0) is 10.2 Å². The number of carbonyl (C=O) groups is 2. The van der Waals surface area contributed by atoms with E-state index in [1.165, 1.54) is 0 Å². The van der Waals surface area contributed by atoms with Crippen molar-refractivity contribution in [1.82, 2.24) is 5.32 Å². The predicted molar refractivity (Wildman–Crippen MR) is 83.5 cm³/mol. The Bertz CT molecular complexity index is 524. The molecule has 1 atom stereocenters. The van der Waals surface area contributed by atoms with Crippen molar-refractivity contribution in [1.29, 1.82) is 0 Å². The van der Waals surface area contributed by atoms with Crippen LogP contribution in [0.1, 0.15) is 50.0 Å². The van der Waals surface area contributed by atoms with Gasteiger partial charge in [-0.15, -0.1) is 0 Å². The zero-order valence-electron chi connectivity index (χ0n) is 13.0. The monoisotopic (exact) mass is 289 g/mol. The molecule has 4 nitrogen and oxygen atoms in total. The maximum absolute atomic E-state index is 12.1. The number of carboxylic acids is 1. The Morgan fingerprint density at radius 2 is 1.81 bits per heavy atom. The third-order valence-corrected chi connectivity index (χ3v) is 3.22. The van der Waals surface area contributed by atoms with Gasteiger partial charge in [-0.2, -0.15) is 0 Å². The molecular weight excluding hydrogens is 266 g/mol. The van der Waals surface area contributed by atoms with E-state index in [-0.39, 0.29) is 17.7 Å². The third-order valence-electron chi connectivity index (χ3n) is 3.22. The summed E-state index contributed by atoms with van der Waals surface area (Å²) in [6.07, 6.45) is 3.76. The van der Waals surface area contributed by atoms with Crippen LogP contribution in [0.2, 0.25) is 0 Å². The molecular formula is C17H23NO3. The van der Waals surface area contributed by atoms with Gasteiger partial charge in [-0.05, 0) is 36.5 Å². The fraction of sp³-hybridized carbons (Fsp3) is 0.412. The topological polar surface area (TPSA) is 66.4 Å². The Morgan fingerprint density at radius 1 is 1.24 bits per heavy atom. The molecule has 1 aromatic rings. The largest absolute Gasteiger partial charge is 0.480 e. The third kappa shape index (κ3) is 5.06. The van der Waals surface area contributed by atoms with Crippen molar-refractivity contribution in [3.63, 3.8) is 0 Å². The van der Waals surface area contributed by atoms with E-state index in [0.717, 1.165) is 5.56 Å². The fourth-order valence-electron chi connectivity index (χ4n) is 1.86. The first-order chi connectivity index (χ1) is 9.75. The number of hydrogen-bond acceptors (Lipinski definition) is 2. The molecule has 0 aliphatic carbocycles. The Kier molecular flexibility index (Phi) is 5.70. The smallest absolute Gasteiger partial charge is 0.326 e. The van der Waals surface area contributed by atoms with Gasteiger partial charge in [-0.25, -0.2) is 4.79 Å². The van der Waals surface area contributed by atoms with Crippen LogP contribution < -0.4 is 5.32 Å². The van der Waals surface area contributed by atoms with Gasteiger partial charge in [0.2, 0.25) is 0 Å². The van der Waals surface area contributed by atoms with E-state index < -0.39 is 12.0 Å². The molecule has 0 aliphatic rings. The lowest BCUT2D eigenvalue weighted by Gasteiger charge is -2.19. The van der Waals surface area contributed by atoms with Crippen LogP contribution in [0.15, 0.2) is 36.4 Å². The lowest BCUT2D eigenvalue weighted by atomic mass is 9.86. The minimum absolute atomic E-state index is 0.0184. The van der Waals surface area contributed by atoms with Crippen LogP contribution in [0.3, 0.4) is 0 Å². The van der Waals surface area contributed by atoms with Gasteiger partial charge in [0.25, 0.3) is 5.91 Å². The SMILES string of the molecule is C/C=C/CC(NC(=O)c1ccc(C(C)(C)C)cc1)C(=O)O. The van der Waals surface area contributed by atoms with Crippen LogP contribution in [0, 0.1) is 0 Å². The standard InChI is InChI=1S/C17H23NO3/c1-5-6-7-14(16(20)21)18-15(19)12-8-10-13(11-9-12)17(2,3)4/h5-6,8-11,14H,7H2,1-4H3,(H,18,19)(H,20,21)/b6-5+. The summed E-state index contributed by atoms with van der Waals surface area (Å²) in [7, 11) is 0. The molecule has 0 fully saturated rings. The van der Waals surface area contributed by atoms with E-state index in [9.17, 15) is 9.59 Å². The number of hydrogen-bond donors (Lipinski definition) is 2. The fourth-order valence-corrected chi connectivity index (χ4v) is 1.86. The number of carboxylic acid groups (broad SMARTS) is 1. The summed E-state index contributed by atoms with van der Waals surface area (Å²) in [4.78, 5) is 23.2. The average molecular weight is 289 g/mol. The van der Waals surface area contributed by atoms with E-state index >= 15 is 0 Å². The van der Waals surface area contributed by atoms with Gasteiger partial charge in [0, 0.05) is 5.56 Å². The summed E-state index contributed by atoms with van der Waals surface area (Å²) in [5.74, 6) is -1.40. The van der Waals surface area contributed by atoms with E-state index in [4.69, 9.17) is 5.11 Å². The van der Waals surface area contributed by atoms with Crippen molar-refractivity contribution in [2.75, 3.05) is 0 Å². The van der Waals surface area contributed by atoms with Gasteiger partial charge in [0.15, 0.2) is 0 Å². The Balaban J connectivity index is 2.81. The number of nitrogens with one attached hydrogen (secondary N) is 1. The van der Waals surface area contributed by atoms with Crippen LogP contribution in [-0.4, -0.2) is 23.0 Å². The molecule has 1 unspecified atom stereocenters. The number of carbonyl (C=O) groups excluding carboxylic acids is 1. The molecule has 0 saturated heterocycles. The van der Waals surface area contributed by atoms with Crippen LogP contribution in [0.25, 0.3) is 0 Å². The summed E-state index contributed by atoms with van der Waals surface area (Å²) in [5, 5.41) is 11.6. The van der Waals surface area contributed by atoms with E-state index in [2.05, 4.69) is 26.1 Å². The second kappa shape index (κ2) is 7.07. The van der Waals surface area contributed by atoms with Crippen LogP contribution >= 0.6 is 0 Å². The molecule has 0 spiro atoms. The zero-order valence-corrected chi connectivity index (χ0v) is 13.0. The maximum Gasteiger partial charge on any atom is 0.326 e. The van der Waals surface area contributed by atoms with Crippen molar-refractivity contribution in [2.24, 2.45) is 0 Å². The highest BCUT2D eigenvalue weighted by molar-refractivity contribution is 5.96. The Labute approximate surface area is 125 Å². The Morgan fingerprint density at radius 3 is 2.24 bits per heavy atom. The number of aliphatic carboxylic acids is 1. The molecule has 21 heavy (non-hydrogen) atoms. The molecule has 1 aromatic carbocycles. The van der Waals surface area contributed by atoms with Gasteiger partial charge in [0.1, 0.15) is 6.04 Å². The second-order valence-corrected chi connectivity index (χ2v) is 6.00. The van der Waals surface area contributed by atoms with Gasteiger partial charge >= 0.3 is 5.97 Å². The van der Waals surface area contributed by atoms with Crippen molar-refractivity contribution in [3.8, 4) is 0 Å². The molecule has 0 bridgehead atoms. The maximum atomic E-state index is 12.1. The molecule has 0 radical (unpaired) electrons. The number of rotatable bonds is 5. The molecule has 2 N–H and O–H groups in total. The summed E-state index contributed by atoms with van der Waals surface area (Å²) in [6, 6.07) is 6.35. The summed E-state index contributed by atoms with van der Waals surface area (Å²) in [5.41, 5.74) is 1.61. The summed E-state index contributed by atoms with van der Waals surface area (Å²) < 4.78 is 0. The van der Waals surface area contributed by atoms with E-state index in [1.807, 2.05) is 19.1 Å². The molecule has 114 valence electrons. The molecule has 1 rings (SSSR count). The quantitative estimate of drug-likeness (QED) is 0.818. The first-order valence-electron chi connectivity index (χ1n) is 7.01. The van der Waals surface area contributed by atoms with Gasteiger partial charge in [0.05, 0.1) is 0 Å². The average Bonchev–Trinajstić information content (AvgIpc) is 2.42.